The Morgan fingerprint density at radius 3 is 2.71 bits per heavy atom. The van der Waals surface area contributed by atoms with E-state index in [1.165, 1.54) is 25.7 Å². The van der Waals surface area contributed by atoms with E-state index in [1.807, 2.05) is 30.3 Å². The number of nitrogens with zero attached hydrogens (tertiary/aromatic N) is 2. The number of para-hydroxylation sites is 1. The standard InChI is InChI=1S/C17H22N4/c1-2-21(12-7-3-4-8-12)16-11-14(17(18)19)13-9-5-6-10-15(13)20-16/h5-6,9-12H,2-4,7-8H2,1H3,(H3,18,19). The normalized spacial score (nSPS) is 15.5. The van der Waals surface area contributed by atoms with Crippen molar-refractivity contribution >= 4 is 22.6 Å². The Kier molecular flexibility index (Phi) is 3.78. The number of fused-ring (bicyclic) bond motifs is 1. The topological polar surface area (TPSA) is 66.0 Å². The van der Waals surface area contributed by atoms with Gasteiger partial charge in [0, 0.05) is 23.5 Å². The minimum Gasteiger partial charge on any atom is -0.384 e. The average Bonchev–Trinajstić information content (AvgIpc) is 3.01. The summed E-state index contributed by atoms with van der Waals surface area (Å²) in [5, 5.41) is 8.81. The number of anilines is 1. The molecule has 3 N–H and O–H groups in total. The molecule has 0 atom stereocenters. The molecule has 3 rings (SSSR count). The fourth-order valence-corrected chi connectivity index (χ4v) is 3.35. The predicted octanol–water partition coefficient (Wildman–Crippen LogP) is 3.29. The van der Waals surface area contributed by atoms with Gasteiger partial charge in [0.05, 0.1) is 5.52 Å². The molecule has 1 aliphatic carbocycles. The van der Waals surface area contributed by atoms with E-state index in [9.17, 15) is 0 Å². The van der Waals surface area contributed by atoms with Gasteiger partial charge < -0.3 is 10.6 Å². The van der Waals surface area contributed by atoms with Crippen molar-refractivity contribution in [3.63, 3.8) is 0 Å². The summed E-state index contributed by atoms with van der Waals surface area (Å²) in [4.78, 5) is 7.17. The van der Waals surface area contributed by atoms with Crippen LogP contribution in [0.25, 0.3) is 10.9 Å². The van der Waals surface area contributed by atoms with Crippen LogP contribution in [0.2, 0.25) is 0 Å². The summed E-state index contributed by atoms with van der Waals surface area (Å²) in [7, 11) is 0. The zero-order valence-electron chi connectivity index (χ0n) is 12.5. The van der Waals surface area contributed by atoms with Crippen molar-refractivity contribution in [3.8, 4) is 0 Å². The van der Waals surface area contributed by atoms with Crippen molar-refractivity contribution < 1.29 is 0 Å². The lowest BCUT2D eigenvalue weighted by atomic mass is 10.1. The van der Waals surface area contributed by atoms with Gasteiger partial charge in [0.2, 0.25) is 0 Å². The summed E-state index contributed by atoms with van der Waals surface area (Å²) in [6.07, 6.45) is 5.07. The predicted molar refractivity (Wildman–Crippen MR) is 88.0 cm³/mol. The molecule has 1 heterocycles. The number of nitrogens with two attached hydrogens (primary N) is 1. The van der Waals surface area contributed by atoms with E-state index >= 15 is 0 Å². The van der Waals surface area contributed by atoms with E-state index in [4.69, 9.17) is 16.1 Å². The van der Waals surface area contributed by atoms with E-state index in [-0.39, 0.29) is 5.84 Å². The van der Waals surface area contributed by atoms with Crippen LogP contribution in [0.15, 0.2) is 30.3 Å². The molecular formula is C17H22N4. The van der Waals surface area contributed by atoms with E-state index in [0.717, 1.165) is 28.8 Å². The highest BCUT2D eigenvalue weighted by atomic mass is 15.2. The molecule has 0 bridgehead atoms. The zero-order valence-corrected chi connectivity index (χ0v) is 12.5. The van der Waals surface area contributed by atoms with Crippen LogP contribution in [0, 0.1) is 5.41 Å². The van der Waals surface area contributed by atoms with Crippen LogP contribution < -0.4 is 10.6 Å². The third kappa shape index (κ3) is 2.58. The van der Waals surface area contributed by atoms with Gasteiger partial charge in [-0.2, -0.15) is 0 Å². The molecule has 1 saturated carbocycles. The average molecular weight is 282 g/mol. The number of rotatable bonds is 4. The Bertz CT molecular complexity index is 659. The van der Waals surface area contributed by atoms with Crippen molar-refractivity contribution in [2.24, 2.45) is 5.73 Å². The molecule has 0 spiro atoms. The molecular weight excluding hydrogens is 260 g/mol. The van der Waals surface area contributed by atoms with Crippen LogP contribution in [-0.4, -0.2) is 23.4 Å². The lowest BCUT2D eigenvalue weighted by Gasteiger charge is -2.29. The van der Waals surface area contributed by atoms with Crippen molar-refractivity contribution in [1.29, 1.82) is 5.41 Å². The summed E-state index contributed by atoms with van der Waals surface area (Å²) >= 11 is 0. The lowest BCUT2D eigenvalue weighted by molar-refractivity contribution is 0.614. The Balaban J connectivity index is 2.11. The molecule has 0 unspecified atom stereocenters. The fourth-order valence-electron chi connectivity index (χ4n) is 3.35. The summed E-state index contributed by atoms with van der Waals surface area (Å²) in [5.74, 6) is 1.06. The molecule has 2 aromatic rings. The number of hydrogen-bond donors (Lipinski definition) is 2. The van der Waals surface area contributed by atoms with Crippen molar-refractivity contribution in [1.82, 2.24) is 4.98 Å². The molecule has 0 saturated heterocycles. The maximum absolute atomic E-state index is 7.85. The highest BCUT2D eigenvalue weighted by Crippen LogP contribution is 2.29. The molecule has 0 aliphatic heterocycles. The quantitative estimate of drug-likeness (QED) is 0.668. The molecule has 110 valence electrons. The van der Waals surface area contributed by atoms with Crippen LogP contribution in [0.3, 0.4) is 0 Å². The fraction of sp³-hybridized carbons (Fsp3) is 0.412. The van der Waals surface area contributed by atoms with Crippen LogP contribution in [0.4, 0.5) is 5.82 Å². The Morgan fingerprint density at radius 1 is 1.33 bits per heavy atom. The molecule has 21 heavy (non-hydrogen) atoms. The van der Waals surface area contributed by atoms with Crippen LogP contribution in [0.1, 0.15) is 38.2 Å². The first kappa shape index (κ1) is 13.9. The molecule has 4 nitrogen and oxygen atoms in total. The highest BCUT2D eigenvalue weighted by Gasteiger charge is 2.23. The van der Waals surface area contributed by atoms with Gasteiger partial charge in [-0.15, -0.1) is 0 Å². The summed E-state index contributed by atoms with van der Waals surface area (Å²) < 4.78 is 0. The number of aromatic nitrogens is 1. The van der Waals surface area contributed by atoms with Gasteiger partial charge in [0.1, 0.15) is 11.7 Å². The second-order valence-electron chi connectivity index (χ2n) is 5.68. The molecule has 0 radical (unpaired) electrons. The first-order valence-electron chi connectivity index (χ1n) is 7.71. The second kappa shape index (κ2) is 5.72. The van der Waals surface area contributed by atoms with Gasteiger partial charge in [-0.3, -0.25) is 5.41 Å². The SMILES string of the molecule is CCN(c1cc(C(=N)N)c2ccccc2n1)C1CCCC1. The first-order valence-corrected chi connectivity index (χ1v) is 7.71. The van der Waals surface area contributed by atoms with Gasteiger partial charge in [-0.05, 0) is 31.9 Å². The van der Waals surface area contributed by atoms with Gasteiger partial charge in [0.15, 0.2) is 0 Å². The Hall–Kier alpha value is -2.10. The van der Waals surface area contributed by atoms with Crippen molar-refractivity contribution in [3.05, 3.63) is 35.9 Å². The maximum atomic E-state index is 7.85. The third-order valence-electron chi connectivity index (χ3n) is 4.39. The van der Waals surface area contributed by atoms with Gasteiger partial charge in [0.25, 0.3) is 0 Å². The molecule has 4 heteroatoms. The number of pyridine rings is 1. The van der Waals surface area contributed by atoms with E-state index in [0.29, 0.717) is 6.04 Å². The number of nitrogen functional groups attached to an aromatic ring is 1. The van der Waals surface area contributed by atoms with Gasteiger partial charge >= 0.3 is 0 Å². The minimum absolute atomic E-state index is 0.109. The summed E-state index contributed by atoms with van der Waals surface area (Å²) in [6.45, 7) is 3.11. The number of nitrogens with one attached hydrogen (secondary N) is 1. The highest BCUT2D eigenvalue weighted by molar-refractivity contribution is 6.07. The maximum Gasteiger partial charge on any atom is 0.130 e. The van der Waals surface area contributed by atoms with Gasteiger partial charge in [-0.25, -0.2) is 4.98 Å². The molecule has 1 aliphatic rings. The Labute approximate surface area is 125 Å². The number of amidine groups is 1. The van der Waals surface area contributed by atoms with E-state index in [1.54, 1.807) is 0 Å². The molecule has 1 aromatic heterocycles. The molecule has 1 fully saturated rings. The summed E-state index contributed by atoms with van der Waals surface area (Å²) in [6, 6.07) is 10.5. The monoisotopic (exact) mass is 282 g/mol. The third-order valence-corrected chi connectivity index (χ3v) is 4.39. The van der Waals surface area contributed by atoms with Crippen LogP contribution >= 0.6 is 0 Å². The van der Waals surface area contributed by atoms with Gasteiger partial charge in [-0.1, -0.05) is 31.0 Å². The van der Waals surface area contributed by atoms with Crippen molar-refractivity contribution in [2.45, 2.75) is 38.6 Å². The number of benzene rings is 1. The van der Waals surface area contributed by atoms with E-state index < -0.39 is 0 Å². The Morgan fingerprint density at radius 2 is 2.05 bits per heavy atom. The van der Waals surface area contributed by atoms with Crippen LogP contribution in [0.5, 0.6) is 0 Å². The van der Waals surface area contributed by atoms with Crippen molar-refractivity contribution in [2.75, 3.05) is 11.4 Å². The first-order chi connectivity index (χ1) is 10.2. The second-order valence-corrected chi connectivity index (χ2v) is 5.68. The van der Waals surface area contributed by atoms with E-state index in [2.05, 4.69) is 11.8 Å². The minimum atomic E-state index is 0.109. The molecule has 1 aromatic carbocycles. The summed E-state index contributed by atoms with van der Waals surface area (Å²) in [5.41, 5.74) is 7.48. The van der Waals surface area contributed by atoms with Crippen LogP contribution in [-0.2, 0) is 0 Å². The largest absolute Gasteiger partial charge is 0.384 e. The smallest absolute Gasteiger partial charge is 0.130 e. The molecule has 0 amide bonds. The lowest BCUT2D eigenvalue weighted by Crippen LogP contribution is -2.34. The zero-order chi connectivity index (χ0) is 14.8. The number of hydrogen-bond acceptors (Lipinski definition) is 3.